The van der Waals surface area contributed by atoms with Gasteiger partial charge in [-0.25, -0.2) is 23.4 Å². The van der Waals surface area contributed by atoms with Crippen molar-refractivity contribution >= 4 is 23.3 Å². The van der Waals surface area contributed by atoms with Crippen molar-refractivity contribution in [2.75, 3.05) is 13.1 Å². The van der Waals surface area contributed by atoms with Crippen LogP contribution >= 0.6 is 0 Å². The number of H-pyrrole nitrogens is 1. The molecule has 1 aliphatic heterocycles. The predicted octanol–water partition coefficient (Wildman–Crippen LogP) is 4.69. The van der Waals surface area contributed by atoms with Gasteiger partial charge in [0, 0.05) is 43.0 Å². The second kappa shape index (κ2) is 9.85. The van der Waals surface area contributed by atoms with Gasteiger partial charge in [-0.05, 0) is 55.2 Å². The molecule has 2 atom stereocenters. The summed E-state index contributed by atoms with van der Waals surface area (Å²) in [6.45, 7) is 0.888. The number of aromatic amines is 1. The fourth-order valence-corrected chi connectivity index (χ4v) is 5.68. The molecule has 0 spiro atoms. The van der Waals surface area contributed by atoms with Crippen LogP contribution in [0.2, 0.25) is 0 Å². The van der Waals surface area contributed by atoms with Crippen molar-refractivity contribution in [2.45, 2.75) is 37.3 Å². The fourth-order valence-electron chi connectivity index (χ4n) is 5.68. The van der Waals surface area contributed by atoms with Gasteiger partial charge in [-0.2, -0.15) is 0 Å². The molecule has 1 aliphatic carbocycles. The average Bonchev–Trinajstić information content (AvgIpc) is 3.17. The number of amides is 2. The number of allylic oxidation sites excluding steroid dienone is 1. The van der Waals surface area contributed by atoms with Crippen LogP contribution in [0.3, 0.4) is 0 Å². The number of hydrogen-bond donors (Lipinski definition) is 2. The third-order valence-corrected chi connectivity index (χ3v) is 7.54. The number of carbonyl (C=O) groups excluding carboxylic acids is 1. The summed E-state index contributed by atoms with van der Waals surface area (Å²) in [5.74, 6) is -2.35. The lowest BCUT2D eigenvalue weighted by Crippen LogP contribution is -2.47. The Labute approximate surface area is 217 Å². The van der Waals surface area contributed by atoms with Gasteiger partial charge in [0.2, 0.25) is 0 Å². The highest BCUT2D eigenvalue weighted by atomic mass is 19.2. The van der Waals surface area contributed by atoms with Crippen LogP contribution in [0.1, 0.15) is 54.1 Å². The summed E-state index contributed by atoms with van der Waals surface area (Å²) in [6.07, 6.45) is 8.63. The van der Waals surface area contributed by atoms with Crippen LogP contribution in [0.15, 0.2) is 65.7 Å². The summed E-state index contributed by atoms with van der Waals surface area (Å²) in [5.41, 5.74) is 2.72. The van der Waals surface area contributed by atoms with Crippen molar-refractivity contribution in [3.63, 3.8) is 0 Å². The van der Waals surface area contributed by atoms with Gasteiger partial charge >= 0.3 is 11.7 Å². The Balaban J connectivity index is 1.24. The summed E-state index contributed by atoms with van der Waals surface area (Å²) in [7, 11) is 0. The zero-order chi connectivity index (χ0) is 26.2. The SMILES string of the molecule is O=C(N[C@@H]1c2cccnc2C=CC[C@H]1c1cccc(F)c1F)N1CCC(n2c(=O)[nH]c3ncccc32)CC1. The fraction of sp³-hybridized carbons (Fsp3) is 0.286. The minimum Gasteiger partial charge on any atom is -0.330 e. The Bertz CT molecular complexity index is 1590. The van der Waals surface area contributed by atoms with E-state index in [2.05, 4.69) is 20.3 Å². The molecule has 1 saturated heterocycles. The van der Waals surface area contributed by atoms with Crippen molar-refractivity contribution in [3.05, 3.63) is 99.9 Å². The molecule has 6 rings (SSSR count). The number of halogens is 2. The van der Waals surface area contributed by atoms with Crippen molar-refractivity contribution in [3.8, 4) is 0 Å². The number of fused-ring (bicyclic) bond motifs is 2. The number of aromatic nitrogens is 4. The molecule has 2 aliphatic rings. The minimum absolute atomic E-state index is 0.0642. The van der Waals surface area contributed by atoms with Gasteiger partial charge in [-0.1, -0.05) is 24.3 Å². The largest absolute Gasteiger partial charge is 0.330 e. The number of pyridine rings is 2. The van der Waals surface area contributed by atoms with E-state index in [1.54, 1.807) is 40.1 Å². The molecule has 4 aromatic rings. The normalized spacial score (nSPS) is 19.8. The molecule has 0 radical (unpaired) electrons. The smallest absolute Gasteiger partial charge is 0.327 e. The minimum atomic E-state index is -0.919. The summed E-state index contributed by atoms with van der Waals surface area (Å²) in [5, 5.41) is 3.10. The van der Waals surface area contributed by atoms with Crippen LogP contribution in [0.4, 0.5) is 13.6 Å². The average molecular weight is 517 g/mol. The third-order valence-electron chi connectivity index (χ3n) is 7.54. The summed E-state index contributed by atoms with van der Waals surface area (Å²) in [6, 6.07) is 10.5. The standard InChI is InChI=1S/C28H26F2N6O2/c29-21-8-1-5-18(24(21)30)19-6-2-9-22-20(7-3-13-31-22)25(19)33-27(37)35-15-11-17(12-16-35)36-23-10-4-14-32-26(23)34-28(36)38/h1-5,7-10,13-14,17,19,25H,6,11-12,15-16H2,(H,33,37)(H,32,34,38)/t19-,25-/m0/s1. The number of nitrogens with zero attached hydrogens (tertiary/aromatic N) is 4. The first-order valence-electron chi connectivity index (χ1n) is 12.7. The molecule has 38 heavy (non-hydrogen) atoms. The van der Waals surface area contributed by atoms with E-state index in [-0.39, 0.29) is 23.3 Å². The molecule has 2 N–H and O–H groups in total. The number of rotatable bonds is 3. The van der Waals surface area contributed by atoms with E-state index >= 15 is 0 Å². The number of nitrogens with one attached hydrogen (secondary N) is 2. The predicted molar refractivity (Wildman–Crippen MR) is 138 cm³/mol. The van der Waals surface area contributed by atoms with E-state index in [1.165, 1.54) is 6.07 Å². The van der Waals surface area contributed by atoms with E-state index in [9.17, 15) is 18.4 Å². The molecule has 10 heteroatoms. The van der Waals surface area contributed by atoms with Crippen molar-refractivity contribution in [1.29, 1.82) is 0 Å². The molecule has 194 valence electrons. The number of piperidine rings is 1. The molecule has 4 heterocycles. The monoisotopic (exact) mass is 516 g/mol. The van der Waals surface area contributed by atoms with Gasteiger partial charge in [0.15, 0.2) is 17.3 Å². The topological polar surface area (TPSA) is 95.9 Å². The van der Waals surface area contributed by atoms with Gasteiger partial charge in [0.05, 0.1) is 17.3 Å². The van der Waals surface area contributed by atoms with Gasteiger partial charge in [-0.3, -0.25) is 14.5 Å². The van der Waals surface area contributed by atoms with Crippen molar-refractivity contribution in [2.24, 2.45) is 0 Å². The van der Waals surface area contributed by atoms with Crippen LogP contribution in [-0.4, -0.2) is 43.5 Å². The zero-order valence-corrected chi connectivity index (χ0v) is 20.5. The Morgan fingerprint density at radius 2 is 1.76 bits per heavy atom. The van der Waals surface area contributed by atoms with Crippen LogP contribution in [0, 0.1) is 11.6 Å². The second-order valence-electron chi connectivity index (χ2n) is 9.68. The number of carbonyl (C=O) groups is 1. The Morgan fingerprint density at radius 3 is 2.61 bits per heavy atom. The molecular weight excluding hydrogens is 490 g/mol. The number of urea groups is 1. The maximum Gasteiger partial charge on any atom is 0.327 e. The van der Waals surface area contributed by atoms with Gasteiger partial charge in [0.1, 0.15) is 0 Å². The van der Waals surface area contributed by atoms with E-state index in [0.29, 0.717) is 43.7 Å². The Hall–Kier alpha value is -4.34. The molecule has 2 amide bonds. The van der Waals surface area contributed by atoms with Gasteiger partial charge in [0.25, 0.3) is 0 Å². The highest BCUT2D eigenvalue weighted by Gasteiger charge is 2.34. The molecule has 1 aromatic carbocycles. The number of benzene rings is 1. The van der Waals surface area contributed by atoms with Gasteiger partial charge in [-0.15, -0.1) is 0 Å². The maximum atomic E-state index is 14.9. The van der Waals surface area contributed by atoms with E-state index in [4.69, 9.17) is 0 Å². The lowest BCUT2D eigenvalue weighted by Gasteiger charge is -2.35. The second-order valence-corrected chi connectivity index (χ2v) is 9.68. The molecule has 8 nitrogen and oxygen atoms in total. The molecule has 0 unspecified atom stereocenters. The Kier molecular flexibility index (Phi) is 6.22. The summed E-state index contributed by atoms with van der Waals surface area (Å²) < 4.78 is 30.8. The lowest BCUT2D eigenvalue weighted by molar-refractivity contribution is 0.166. The van der Waals surface area contributed by atoms with Crippen LogP contribution in [-0.2, 0) is 0 Å². The highest BCUT2D eigenvalue weighted by Crippen LogP contribution is 2.39. The number of imidazole rings is 1. The lowest BCUT2D eigenvalue weighted by atomic mass is 9.85. The molecule has 3 aromatic heterocycles. The Morgan fingerprint density at radius 1 is 1.00 bits per heavy atom. The molecule has 0 bridgehead atoms. The summed E-state index contributed by atoms with van der Waals surface area (Å²) >= 11 is 0. The van der Waals surface area contributed by atoms with Crippen LogP contribution in [0.25, 0.3) is 17.2 Å². The molecule has 0 saturated carbocycles. The van der Waals surface area contributed by atoms with Crippen LogP contribution in [0.5, 0.6) is 0 Å². The maximum absolute atomic E-state index is 14.9. The number of hydrogen-bond acceptors (Lipinski definition) is 4. The van der Waals surface area contributed by atoms with E-state index < -0.39 is 23.6 Å². The molecular formula is C28H26F2N6O2. The van der Waals surface area contributed by atoms with E-state index in [0.717, 1.165) is 17.1 Å². The number of likely N-dealkylation sites (tertiary alicyclic amines) is 1. The first-order valence-corrected chi connectivity index (χ1v) is 12.7. The van der Waals surface area contributed by atoms with Crippen LogP contribution < -0.4 is 11.0 Å². The third kappa shape index (κ3) is 4.25. The van der Waals surface area contributed by atoms with Gasteiger partial charge < -0.3 is 10.2 Å². The quantitative estimate of drug-likeness (QED) is 0.413. The van der Waals surface area contributed by atoms with Crippen molar-refractivity contribution in [1.82, 2.24) is 29.7 Å². The first kappa shape index (κ1) is 24.0. The molecule has 1 fully saturated rings. The van der Waals surface area contributed by atoms with Crippen molar-refractivity contribution < 1.29 is 13.6 Å². The zero-order valence-electron chi connectivity index (χ0n) is 20.5. The van der Waals surface area contributed by atoms with E-state index in [1.807, 2.05) is 24.3 Å². The first-order chi connectivity index (χ1) is 18.5. The highest BCUT2D eigenvalue weighted by molar-refractivity contribution is 5.75. The summed E-state index contributed by atoms with van der Waals surface area (Å²) in [4.78, 5) is 39.3.